The predicted molar refractivity (Wildman–Crippen MR) is 71.2 cm³/mol. The van der Waals surface area contributed by atoms with Crippen LogP contribution in [0.25, 0.3) is 0 Å². The zero-order chi connectivity index (χ0) is 13.8. The van der Waals surface area contributed by atoms with Gasteiger partial charge in [0, 0.05) is 17.8 Å². The number of rotatable bonds is 2. The highest BCUT2D eigenvalue weighted by Gasteiger charge is 2.09. The van der Waals surface area contributed by atoms with Gasteiger partial charge in [-0.2, -0.15) is 10.5 Å². The van der Waals surface area contributed by atoms with Crippen LogP contribution in [0.3, 0.4) is 0 Å². The van der Waals surface area contributed by atoms with Crippen molar-refractivity contribution in [2.45, 2.75) is 0 Å². The lowest BCUT2D eigenvalue weighted by molar-refractivity contribution is 0.482. The molecule has 0 saturated carbocycles. The number of anilines is 2. The van der Waals surface area contributed by atoms with Crippen LogP contribution in [0.4, 0.5) is 11.4 Å². The molecule has 0 atom stereocenters. The van der Waals surface area contributed by atoms with Gasteiger partial charge in [-0.1, -0.05) is 0 Å². The first kappa shape index (κ1) is 12.3. The molecule has 5 heteroatoms. The van der Waals surface area contributed by atoms with Crippen LogP contribution in [0.1, 0.15) is 11.1 Å². The van der Waals surface area contributed by atoms with E-state index < -0.39 is 0 Å². The summed E-state index contributed by atoms with van der Waals surface area (Å²) in [7, 11) is 0. The molecule has 2 rings (SSSR count). The zero-order valence-corrected chi connectivity index (χ0v) is 9.92. The van der Waals surface area contributed by atoms with Crippen molar-refractivity contribution in [2.24, 2.45) is 0 Å². The SMILES string of the molecule is N#Cc1cc(Oc2ccc(N)cc2)cc(C#N)c1N. The molecule has 0 amide bonds. The van der Waals surface area contributed by atoms with E-state index in [0.717, 1.165) is 0 Å². The fourth-order valence-corrected chi connectivity index (χ4v) is 1.54. The molecule has 92 valence electrons. The van der Waals surface area contributed by atoms with Crippen molar-refractivity contribution in [3.8, 4) is 23.6 Å². The Labute approximate surface area is 110 Å². The Morgan fingerprint density at radius 1 is 0.842 bits per heavy atom. The van der Waals surface area contributed by atoms with Crippen molar-refractivity contribution in [3.63, 3.8) is 0 Å². The lowest BCUT2D eigenvalue weighted by Gasteiger charge is -2.08. The summed E-state index contributed by atoms with van der Waals surface area (Å²) >= 11 is 0. The number of ether oxygens (including phenoxy) is 1. The molecule has 0 radical (unpaired) electrons. The zero-order valence-electron chi connectivity index (χ0n) is 9.92. The monoisotopic (exact) mass is 250 g/mol. The number of nitriles is 2. The minimum atomic E-state index is 0.162. The second-order valence-corrected chi connectivity index (χ2v) is 3.83. The van der Waals surface area contributed by atoms with Gasteiger partial charge >= 0.3 is 0 Å². The van der Waals surface area contributed by atoms with Gasteiger partial charge in [-0.3, -0.25) is 0 Å². The van der Waals surface area contributed by atoms with E-state index in [1.165, 1.54) is 12.1 Å². The maximum Gasteiger partial charge on any atom is 0.130 e. The highest BCUT2D eigenvalue weighted by atomic mass is 16.5. The van der Waals surface area contributed by atoms with Crippen LogP contribution in [0.5, 0.6) is 11.5 Å². The van der Waals surface area contributed by atoms with Crippen molar-refractivity contribution >= 4 is 11.4 Å². The van der Waals surface area contributed by atoms with Crippen LogP contribution in [0, 0.1) is 22.7 Å². The van der Waals surface area contributed by atoms with Gasteiger partial charge in [0.15, 0.2) is 0 Å². The van der Waals surface area contributed by atoms with Crippen molar-refractivity contribution in [1.82, 2.24) is 0 Å². The van der Waals surface area contributed by atoms with Gasteiger partial charge < -0.3 is 16.2 Å². The topological polar surface area (TPSA) is 109 Å². The maximum atomic E-state index is 8.95. The maximum absolute atomic E-state index is 8.95. The third-order valence-corrected chi connectivity index (χ3v) is 2.51. The number of benzene rings is 2. The molecular weight excluding hydrogens is 240 g/mol. The van der Waals surface area contributed by atoms with Crippen LogP contribution in [-0.4, -0.2) is 0 Å². The number of nitrogen functional groups attached to an aromatic ring is 2. The Morgan fingerprint density at radius 2 is 1.37 bits per heavy atom. The molecule has 0 fully saturated rings. The highest BCUT2D eigenvalue weighted by Crippen LogP contribution is 2.28. The largest absolute Gasteiger partial charge is 0.457 e. The van der Waals surface area contributed by atoms with E-state index in [0.29, 0.717) is 17.2 Å². The molecule has 4 N–H and O–H groups in total. The normalized spacial score (nSPS) is 9.37. The van der Waals surface area contributed by atoms with Crippen LogP contribution in [0.15, 0.2) is 36.4 Å². The van der Waals surface area contributed by atoms with E-state index >= 15 is 0 Å². The summed E-state index contributed by atoms with van der Waals surface area (Å²) < 4.78 is 5.56. The highest BCUT2D eigenvalue weighted by molar-refractivity contribution is 5.66. The Hall–Kier alpha value is -3.18. The fourth-order valence-electron chi connectivity index (χ4n) is 1.54. The minimum absolute atomic E-state index is 0.162. The average molecular weight is 250 g/mol. The van der Waals surface area contributed by atoms with E-state index in [1.54, 1.807) is 24.3 Å². The molecule has 0 bridgehead atoms. The van der Waals surface area contributed by atoms with Gasteiger partial charge in [0.1, 0.15) is 23.6 Å². The molecule has 0 spiro atoms. The third kappa shape index (κ3) is 2.56. The van der Waals surface area contributed by atoms with Gasteiger partial charge in [-0.05, 0) is 24.3 Å². The predicted octanol–water partition coefficient (Wildman–Crippen LogP) is 2.39. The Balaban J connectivity index is 2.39. The molecule has 0 aromatic heterocycles. The molecule has 0 unspecified atom stereocenters. The number of nitrogens with zero attached hydrogens (tertiary/aromatic N) is 2. The molecule has 0 heterocycles. The Morgan fingerprint density at radius 3 is 1.84 bits per heavy atom. The van der Waals surface area contributed by atoms with E-state index in [1.807, 2.05) is 12.1 Å². The number of nitrogens with two attached hydrogens (primary N) is 2. The van der Waals surface area contributed by atoms with Crippen LogP contribution >= 0.6 is 0 Å². The second-order valence-electron chi connectivity index (χ2n) is 3.83. The van der Waals surface area contributed by atoms with Crippen LogP contribution in [-0.2, 0) is 0 Å². The standard InChI is InChI=1S/C14H10N4O/c15-7-9-5-13(6-10(8-16)14(9)18)19-12-3-1-11(17)2-4-12/h1-6H,17-18H2. The molecule has 0 saturated heterocycles. The smallest absolute Gasteiger partial charge is 0.130 e. The first-order valence-corrected chi connectivity index (χ1v) is 5.41. The summed E-state index contributed by atoms with van der Waals surface area (Å²) in [6.07, 6.45) is 0. The van der Waals surface area contributed by atoms with Crippen molar-refractivity contribution < 1.29 is 4.74 Å². The van der Waals surface area contributed by atoms with Crippen molar-refractivity contribution in [2.75, 3.05) is 11.5 Å². The summed E-state index contributed by atoms with van der Waals surface area (Å²) in [5, 5.41) is 17.9. The molecule has 19 heavy (non-hydrogen) atoms. The van der Waals surface area contributed by atoms with Gasteiger partial charge in [0.05, 0.1) is 16.8 Å². The van der Waals surface area contributed by atoms with E-state index in [2.05, 4.69) is 0 Å². The molecule has 2 aromatic rings. The van der Waals surface area contributed by atoms with E-state index in [-0.39, 0.29) is 16.8 Å². The van der Waals surface area contributed by atoms with E-state index in [4.69, 9.17) is 26.7 Å². The van der Waals surface area contributed by atoms with Gasteiger partial charge in [0.2, 0.25) is 0 Å². The molecule has 0 aliphatic rings. The quantitative estimate of drug-likeness (QED) is 0.795. The van der Waals surface area contributed by atoms with Gasteiger partial charge in [0.25, 0.3) is 0 Å². The molecule has 0 aliphatic carbocycles. The number of hydrogen-bond acceptors (Lipinski definition) is 5. The summed E-state index contributed by atoms with van der Waals surface area (Å²) in [6.45, 7) is 0. The average Bonchev–Trinajstić information content (AvgIpc) is 2.43. The van der Waals surface area contributed by atoms with Crippen LogP contribution < -0.4 is 16.2 Å². The fraction of sp³-hybridized carbons (Fsp3) is 0. The molecule has 2 aromatic carbocycles. The second kappa shape index (κ2) is 4.99. The molecule has 5 nitrogen and oxygen atoms in total. The van der Waals surface area contributed by atoms with E-state index in [9.17, 15) is 0 Å². The Kier molecular flexibility index (Phi) is 3.22. The summed E-state index contributed by atoms with van der Waals surface area (Å²) in [5.41, 5.74) is 12.5. The third-order valence-electron chi connectivity index (χ3n) is 2.51. The molecule has 0 aliphatic heterocycles. The summed E-state index contributed by atoms with van der Waals surface area (Å²) in [4.78, 5) is 0. The number of hydrogen-bond donors (Lipinski definition) is 2. The van der Waals surface area contributed by atoms with Crippen molar-refractivity contribution in [1.29, 1.82) is 10.5 Å². The lowest BCUT2D eigenvalue weighted by Crippen LogP contribution is -1.96. The van der Waals surface area contributed by atoms with Gasteiger partial charge in [-0.15, -0.1) is 0 Å². The van der Waals surface area contributed by atoms with Crippen molar-refractivity contribution in [3.05, 3.63) is 47.5 Å². The van der Waals surface area contributed by atoms with Gasteiger partial charge in [-0.25, -0.2) is 0 Å². The first-order valence-electron chi connectivity index (χ1n) is 5.41. The minimum Gasteiger partial charge on any atom is -0.457 e. The molecular formula is C14H10N4O. The van der Waals surface area contributed by atoms with Crippen LogP contribution in [0.2, 0.25) is 0 Å². The summed E-state index contributed by atoms with van der Waals surface area (Å²) in [6, 6.07) is 13.6. The lowest BCUT2D eigenvalue weighted by atomic mass is 10.1. The first-order chi connectivity index (χ1) is 9.13. The Bertz CT molecular complexity index is 658. The summed E-state index contributed by atoms with van der Waals surface area (Å²) in [5.74, 6) is 0.943.